The Bertz CT molecular complexity index is 2480. The van der Waals surface area contributed by atoms with E-state index in [0.717, 1.165) is 32.4 Å². The highest BCUT2D eigenvalue weighted by Gasteiger charge is 2.41. The summed E-state index contributed by atoms with van der Waals surface area (Å²) in [6.07, 6.45) is 0.0168. The van der Waals surface area contributed by atoms with Gasteiger partial charge in [0.25, 0.3) is 0 Å². The van der Waals surface area contributed by atoms with Gasteiger partial charge in [0, 0.05) is 37.4 Å². The molecule has 0 radical (unpaired) electrons. The summed E-state index contributed by atoms with van der Waals surface area (Å²) in [4.78, 5) is 154. The molecular weight excluding hydrogens is 1030 g/mol. The molecule has 11 amide bonds. The minimum absolute atomic E-state index is 0.0249. The lowest BCUT2D eigenvalue weighted by Crippen LogP contribution is -2.61. The first-order valence-corrected chi connectivity index (χ1v) is 27.4. The maximum Gasteiger partial charge on any atom is 0.246 e. The molecule has 0 spiro atoms. The van der Waals surface area contributed by atoms with E-state index in [1.54, 1.807) is 26.0 Å². The van der Waals surface area contributed by atoms with Gasteiger partial charge in [-0.1, -0.05) is 84.3 Å². The third kappa shape index (κ3) is 19.2. The number of primary amides is 3. The van der Waals surface area contributed by atoms with Crippen LogP contribution in [0.3, 0.4) is 0 Å². The maximum atomic E-state index is 14.7. The Morgan fingerprint density at radius 2 is 1.42 bits per heavy atom. The molecule has 2 fully saturated rings. The fourth-order valence-corrected chi connectivity index (χ4v) is 10.7. The number of rotatable bonds is 20. The van der Waals surface area contributed by atoms with Crippen LogP contribution in [0.1, 0.15) is 77.2 Å². The van der Waals surface area contributed by atoms with Crippen molar-refractivity contribution >= 4 is 103 Å². The van der Waals surface area contributed by atoms with Gasteiger partial charge < -0.3 is 76.5 Å². The largest absolute Gasteiger partial charge is 0.370 e. The van der Waals surface area contributed by atoms with Crippen molar-refractivity contribution in [1.29, 1.82) is 0 Å². The second-order valence-electron chi connectivity index (χ2n) is 18.5. The Labute approximate surface area is 447 Å². The fraction of sp³-hybridized carbons (Fsp3) is 0.542. The standard InChI is InChI=1S/C48H71N15O11S2/c1-3-25(2)39-46(73)58-31(16-17-36(50)64)42(69)60-33(21-37(51)65)43(70)61-34(24-76-75-23-29(49)40(67)59-32(44(71)62-39)20-27-12-8-11-26-10-4-5-13-28(26)27)47(74)63-19-9-15-35(63)45(72)57-30(41(68)56-22-38(52)66)14-6-7-18-55-48(53)54/h4-5,8,10-13,25,29-35,39H,3,6-7,9,14-24,49H2,1-2H3,(H2,50,64)(H2,51,65)(H2,52,66)(H,56,68)(H,57,72)(H,58,73)(H,59,67)(H,60,69)(H,61,70)(H,62,71)(H4,53,54,55)/t25-,29-,30+,31-,32-,33-,34-,35-,39-/m0/s1. The Morgan fingerprint density at radius 3 is 2.11 bits per heavy atom. The Balaban J connectivity index is 1.70. The van der Waals surface area contributed by atoms with Crippen LogP contribution < -0.4 is 71.6 Å². The van der Waals surface area contributed by atoms with E-state index in [4.69, 9.17) is 34.4 Å². The second kappa shape index (κ2) is 30.4. The number of carbonyl (C=O) groups is 11. The van der Waals surface area contributed by atoms with Crippen LogP contribution >= 0.6 is 21.6 Å². The van der Waals surface area contributed by atoms with Crippen molar-refractivity contribution in [3.63, 3.8) is 0 Å². The van der Waals surface area contributed by atoms with Gasteiger partial charge >= 0.3 is 0 Å². The fourth-order valence-electron chi connectivity index (χ4n) is 8.40. The van der Waals surface area contributed by atoms with Crippen LogP contribution in [0.15, 0.2) is 47.5 Å². The molecule has 0 bridgehead atoms. The van der Waals surface area contributed by atoms with Gasteiger partial charge in [-0.25, -0.2) is 0 Å². The number of aliphatic imine (C=N–C) groups is 1. The number of nitrogens with one attached hydrogen (secondary N) is 7. The highest BCUT2D eigenvalue weighted by molar-refractivity contribution is 8.76. The van der Waals surface area contributed by atoms with Crippen molar-refractivity contribution in [1.82, 2.24) is 42.1 Å². The lowest BCUT2D eigenvalue weighted by atomic mass is 9.95. The van der Waals surface area contributed by atoms with E-state index >= 15 is 0 Å². The van der Waals surface area contributed by atoms with Crippen LogP contribution in [0.25, 0.3) is 10.8 Å². The van der Waals surface area contributed by atoms with Gasteiger partial charge in [-0.05, 0) is 60.8 Å². The van der Waals surface area contributed by atoms with Gasteiger partial charge in [0.2, 0.25) is 65.0 Å². The monoisotopic (exact) mass is 1100 g/mol. The summed E-state index contributed by atoms with van der Waals surface area (Å²) in [5, 5.41) is 19.8. The molecule has 9 atom stereocenters. The Hall–Kier alpha value is -7.20. The van der Waals surface area contributed by atoms with Crippen LogP contribution in [0.4, 0.5) is 0 Å². The average molecular weight is 1100 g/mol. The van der Waals surface area contributed by atoms with Crippen molar-refractivity contribution in [2.24, 2.45) is 45.3 Å². The predicted molar refractivity (Wildman–Crippen MR) is 285 cm³/mol. The van der Waals surface area contributed by atoms with Crippen LogP contribution in [-0.2, 0) is 59.2 Å². The van der Waals surface area contributed by atoms with Crippen molar-refractivity contribution in [2.75, 3.05) is 31.1 Å². The van der Waals surface area contributed by atoms with E-state index in [1.165, 1.54) is 4.90 Å². The molecule has 0 aliphatic carbocycles. The van der Waals surface area contributed by atoms with Crippen molar-refractivity contribution in [2.45, 2.75) is 126 Å². The first-order valence-electron chi connectivity index (χ1n) is 24.9. The molecule has 2 aromatic carbocycles. The summed E-state index contributed by atoms with van der Waals surface area (Å²) in [5.74, 6) is -10.4. The highest BCUT2D eigenvalue weighted by atomic mass is 33.1. The molecule has 2 aromatic rings. The minimum Gasteiger partial charge on any atom is -0.370 e. The molecule has 26 nitrogen and oxygen atoms in total. The van der Waals surface area contributed by atoms with Crippen molar-refractivity contribution in [3.8, 4) is 0 Å². The van der Waals surface area contributed by atoms with E-state index in [2.05, 4.69) is 42.2 Å². The lowest BCUT2D eigenvalue weighted by molar-refractivity contribution is -0.142. The topological polar surface area (TPSA) is 444 Å². The summed E-state index contributed by atoms with van der Waals surface area (Å²) in [6.45, 7) is 3.19. The van der Waals surface area contributed by atoms with E-state index < -0.39 is 145 Å². The number of hydrogen-bond donors (Lipinski definition) is 13. The molecule has 416 valence electrons. The molecule has 28 heteroatoms. The molecule has 2 heterocycles. The van der Waals surface area contributed by atoms with Gasteiger partial charge in [-0.2, -0.15) is 0 Å². The van der Waals surface area contributed by atoms with Crippen LogP contribution in [0.2, 0.25) is 0 Å². The summed E-state index contributed by atoms with van der Waals surface area (Å²) in [5.41, 5.74) is 34.2. The number of nitrogens with two attached hydrogens (primary N) is 6. The van der Waals surface area contributed by atoms with Crippen molar-refractivity contribution < 1.29 is 52.7 Å². The summed E-state index contributed by atoms with van der Waals surface area (Å²) < 4.78 is 0. The zero-order valence-electron chi connectivity index (χ0n) is 42.5. The summed E-state index contributed by atoms with van der Waals surface area (Å²) in [7, 11) is 2.07. The predicted octanol–water partition coefficient (Wildman–Crippen LogP) is -3.76. The number of amides is 11. The van der Waals surface area contributed by atoms with E-state index in [1.807, 2.05) is 30.3 Å². The Morgan fingerprint density at radius 1 is 0.763 bits per heavy atom. The molecule has 76 heavy (non-hydrogen) atoms. The molecule has 4 rings (SSSR count). The first-order chi connectivity index (χ1) is 36.1. The number of guanidine groups is 1. The minimum atomic E-state index is -1.77. The van der Waals surface area contributed by atoms with Gasteiger partial charge in [0.05, 0.1) is 19.0 Å². The Kier molecular flexibility index (Phi) is 24.5. The number of hydrogen-bond acceptors (Lipinski definition) is 15. The van der Waals surface area contributed by atoms with Gasteiger partial charge in [0.15, 0.2) is 5.96 Å². The quantitative estimate of drug-likeness (QED) is 0.0262. The number of unbranched alkanes of at least 4 members (excludes halogenated alkanes) is 1. The molecular formula is C48H71N15O11S2. The van der Waals surface area contributed by atoms with Crippen LogP contribution in [-0.4, -0.2) is 155 Å². The van der Waals surface area contributed by atoms with E-state index in [-0.39, 0.29) is 49.8 Å². The highest BCUT2D eigenvalue weighted by Crippen LogP contribution is 2.26. The lowest BCUT2D eigenvalue weighted by Gasteiger charge is -2.31. The smallest absolute Gasteiger partial charge is 0.246 e. The van der Waals surface area contributed by atoms with Crippen molar-refractivity contribution in [3.05, 3.63) is 48.0 Å². The average Bonchev–Trinajstić information content (AvgIpc) is 3.88. The van der Waals surface area contributed by atoms with Crippen LogP contribution in [0.5, 0.6) is 0 Å². The van der Waals surface area contributed by atoms with Crippen LogP contribution in [0, 0.1) is 5.92 Å². The normalized spacial score (nSPS) is 23.0. The number of fused-ring (bicyclic) bond motifs is 1. The van der Waals surface area contributed by atoms with Gasteiger partial charge in [0.1, 0.15) is 42.3 Å². The third-order valence-electron chi connectivity index (χ3n) is 12.7. The molecule has 2 saturated heterocycles. The number of benzene rings is 2. The van der Waals surface area contributed by atoms with E-state index in [0.29, 0.717) is 31.2 Å². The van der Waals surface area contributed by atoms with Gasteiger partial charge in [-0.3, -0.25) is 57.7 Å². The van der Waals surface area contributed by atoms with E-state index in [9.17, 15) is 52.7 Å². The second-order valence-corrected chi connectivity index (χ2v) is 21.1. The number of likely N-dealkylation sites (tertiary alicyclic amines) is 1. The molecule has 0 unspecified atom stereocenters. The number of carbonyl (C=O) groups excluding carboxylic acids is 11. The SMILES string of the molecule is CC[C@H](C)[C@@H]1NC(=O)[C@H](Cc2cccc3ccccc23)NC(=O)[C@@H](N)CSSC[C@@H](C(=O)N2CCC[C@H]2C(=O)N[C@H](CCCCN=C(N)N)C(=O)NCC(N)=O)NC(=O)[C@H](CC(N)=O)NC(=O)[C@H](CCC(N)=O)NC1=O. The summed E-state index contributed by atoms with van der Waals surface area (Å²) >= 11 is 0. The molecule has 19 N–H and O–H groups in total. The molecule has 2 aliphatic rings. The molecule has 2 aliphatic heterocycles. The third-order valence-corrected chi connectivity index (χ3v) is 15.1. The summed E-state index contributed by atoms with van der Waals surface area (Å²) in [6, 6.07) is 1.91. The van der Waals surface area contributed by atoms with Gasteiger partial charge in [-0.15, -0.1) is 0 Å². The first kappa shape index (κ1) is 61.3. The molecule has 0 saturated carbocycles. The zero-order valence-corrected chi connectivity index (χ0v) is 44.1. The number of nitrogens with zero attached hydrogens (tertiary/aromatic N) is 2. The maximum absolute atomic E-state index is 14.7. The zero-order chi connectivity index (χ0) is 56.1. The molecule has 0 aromatic heterocycles.